The van der Waals surface area contributed by atoms with E-state index in [1.807, 2.05) is 22.9 Å². The molecule has 166 valence electrons. The van der Waals surface area contributed by atoms with Crippen molar-refractivity contribution in [2.45, 2.75) is 6.54 Å². The quantitative estimate of drug-likeness (QED) is 0.352. The zero-order valence-corrected chi connectivity index (χ0v) is 18.6. The lowest BCUT2D eigenvalue weighted by atomic mass is 10.2. The molecule has 33 heavy (non-hydrogen) atoms. The van der Waals surface area contributed by atoms with Crippen LogP contribution in [0.1, 0.15) is 5.56 Å². The van der Waals surface area contributed by atoms with Gasteiger partial charge in [-0.25, -0.2) is 15.0 Å². The maximum atomic E-state index is 5.45. The molecular weight excluding hydrogens is 436 g/mol. The van der Waals surface area contributed by atoms with Crippen LogP contribution in [0.4, 0.5) is 11.5 Å². The number of benzene rings is 1. The van der Waals surface area contributed by atoms with Gasteiger partial charge in [-0.2, -0.15) is 16.4 Å². The summed E-state index contributed by atoms with van der Waals surface area (Å²) in [5.74, 6) is 2.10. The third kappa shape index (κ3) is 4.23. The number of rotatable bonds is 6. The molecule has 1 aliphatic rings. The highest BCUT2D eigenvalue weighted by Gasteiger charge is 2.15. The van der Waals surface area contributed by atoms with Crippen LogP contribution in [0.25, 0.3) is 33.9 Å². The molecular formula is C23H22N8OS. The summed E-state index contributed by atoms with van der Waals surface area (Å²) in [6.07, 6.45) is 3.48. The lowest BCUT2D eigenvalue weighted by Crippen LogP contribution is -2.35. The number of anilines is 2. The molecule has 1 fully saturated rings. The zero-order valence-electron chi connectivity index (χ0n) is 17.8. The minimum Gasteiger partial charge on any atom is -0.379 e. The predicted molar refractivity (Wildman–Crippen MR) is 128 cm³/mol. The predicted octanol–water partition coefficient (Wildman–Crippen LogP) is 4.05. The van der Waals surface area contributed by atoms with Crippen LogP contribution in [0, 0.1) is 0 Å². The number of hydrogen-bond acceptors (Lipinski definition) is 8. The molecule has 0 amide bonds. The molecule has 0 atom stereocenters. The second-order valence-electron chi connectivity index (χ2n) is 7.89. The second-order valence-corrected chi connectivity index (χ2v) is 8.67. The van der Waals surface area contributed by atoms with Crippen LogP contribution >= 0.6 is 11.3 Å². The third-order valence-corrected chi connectivity index (χ3v) is 6.31. The minimum atomic E-state index is 0.683. The number of morpholine rings is 1. The topological polar surface area (TPSA) is 108 Å². The first-order valence-corrected chi connectivity index (χ1v) is 11.7. The van der Waals surface area contributed by atoms with Crippen molar-refractivity contribution >= 4 is 33.9 Å². The first kappa shape index (κ1) is 20.0. The fourth-order valence-corrected chi connectivity index (χ4v) is 4.58. The second kappa shape index (κ2) is 8.74. The minimum absolute atomic E-state index is 0.683. The van der Waals surface area contributed by atoms with Crippen molar-refractivity contribution in [1.29, 1.82) is 0 Å². The molecule has 5 heterocycles. The monoisotopic (exact) mass is 458 g/mol. The average molecular weight is 459 g/mol. The van der Waals surface area contributed by atoms with E-state index in [1.54, 1.807) is 23.7 Å². The fraction of sp³-hybridized carbons (Fsp3) is 0.217. The van der Waals surface area contributed by atoms with Gasteiger partial charge in [0.2, 0.25) is 0 Å². The van der Waals surface area contributed by atoms with Crippen LogP contribution in [0.5, 0.6) is 0 Å². The number of ether oxygens (including phenoxy) is 1. The summed E-state index contributed by atoms with van der Waals surface area (Å²) < 4.78 is 5.45. The number of H-pyrrole nitrogens is 2. The number of nitrogens with zero attached hydrogens (tertiary/aromatic N) is 5. The Morgan fingerprint density at radius 1 is 1.12 bits per heavy atom. The van der Waals surface area contributed by atoms with Gasteiger partial charge < -0.3 is 15.0 Å². The maximum absolute atomic E-state index is 5.45. The highest BCUT2D eigenvalue weighted by Crippen LogP contribution is 2.28. The van der Waals surface area contributed by atoms with Gasteiger partial charge in [0.25, 0.3) is 0 Å². The largest absolute Gasteiger partial charge is 0.379 e. The number of fused-ring (bicyclic) bond motifs is 1. The van der Waals surface area contributed by atoms with Gasteiger partial charge in [0.1, 0.15) is 11.5 Å². The molecule has 5 aromatic rings. The van der Waals surface area contributed by atoms with Gasteiger partial charge in [-0.15, -0.1) is 0 Å². The standard InChI is InChI=1S/C23H22N8OS/c1-2-17-18(11-15(1)13-31-6-8-32-9-7-31)28-23(27-17)21-19(12-25-30-21)26-20-3-5-24-22(29-20)16-4-10-33-14-16/h1-5,10-12,14H,6-9,13H2,(H,25,30)(H,27,28)(H,24,26,29). The smallest absolute Gasteiger partial charge is 0.162 e. The summed E-state index contributed by atoms with van der Waals surface area (Å²) in [6.45, 7) is 4.43. The highest BCUT2D eigenvalue weighted by molar-refractivity contribution is 7.08. The molecule has 10 heteroatoms. The van der Waals surface area contributed by atoms with Gasteiger partial charge in [0.15, 0.2) is 11.6 Å². The highest BCUT2D eigenvalue weighted by atomic mass is 32.1. The van der Waals surface area contributed by atoms with Crippen LogP contribution in [0.3, 0.4) is 0 Å². The van der Waals surface area contributed by atoms with Gasteiger partial charge in [-0.05, 0) is 35.2 Å². The Morgan fingerprint density at radius 3 is 2.94 bits per heavy atom. The van der Waals surface area contributed by atoms with Gasteiger partial charge in [0.05, 0.1) is 36.1 Å². The van der Waals surface area contributed by atoms with Gasteiger partial charge in [0, 0.05) is 36.8 Å². The van der Waals surface area contributed by atoms with E-state index in [-0.39, 0.29) is 0 Å². The van der Waals surface area contributed by atoms with Crippen LogP contribution < -0.4 is 5.32 Å². The van der Waals surface area contributed by atoms with E-state index in [0.717, 1.165) is 66.7 Å². The Balaban J connectivity index is 1.25. The Labute approximate surface area is 193 Å². The molecule has 0 spiro atoms. The molecule has 6 rings (SSSR count). The van der Waals surface area contributed by atoms with Gasteiger partial charge in [-0.3, -0.25) is 10.00 Å². The molecule has 1 aliphatic heterocycles. The van der Waals surface area contributed by atoms with Crippen LogP contribution in [-0.2, 0) is 11.3 Å². The number of thiophene rings is 1. The Morgan fingerprint density at radius 2 is 2.06 bits per heavy atom. The van der Waals surface area contributed by atoms with E-state index in [9.17, 15) is 0 Å². The van der Waals surface area contributed by atoms with Crippen LogP contribution in [0.2, 0.25) is 0 Å². The molecule has 0 aliphatic carbocycles. The Hall–Kier alpha value is -3.60. The number of imidazole rings is 1. The summed E-state index contributed by atoms with van der Waals surface area (Å²) in [5.41, 5.74) is 5.73. The SMILES string of the molecule is c1cc(Nc2cn[nH]c2-c2nc3ccc(CN4CCOCC4)cc3[nH]2)nc(-c2ccsc2)n1. The van der Waals surface area contributed by atoms with Crippen molar-refractivity contribution in [3.05, 3.63) is 59.0 Å². The van der Waals surface area contributed by atoms with E-state index in [2.05, 4.69) is 53.6 Å². The van der Waals surface area contributed by atoms with E-state index in [4.69, 9.17) is 9.72 Å². The van der Waals surface area contributed by atoms with Crippen molar-refractivity contribution in [3.8, 4) is 22.9 Å². The Kier molecular flexibility index (Phi) is 5.31. The van der Waals surface area contributed by atoms with Crippen molar-refractivity contribution in [1.82, 2.24) is 35.0 Å². The molecule has 3 N–H and O–H groups in total. The van der Waals surface area contributed by atoms with E-state index >= 15 is 0 Å². The van der Waals surface area contributed by atoms with E-state index < -0.39 is 0 Å². The molecule has 1 aromatic carbocycles. The van der Waals surface area contributed by atoms with Gasteiger partial charge >= 0.3 is 0 Å². The van der Waals surface area contributed by atoms with Crippen molar-refractivity contribution < 1.29 is 4.74 Å². The summed E-state index contributed by atoms with van der Waals surface area (Å²) in [7, 11) is 0. The van der Waals surface area contributed by atoms with E-state index in [1.165, 1.54) is 5.56 Å². The van der Waals surface area contributed by atoms with Crippen molar-refractivity contribution in [3.63, 3.8) is 0 Å². The zero-order chi connectivity index (χ0) is 22.0. The first-order chi connectivity index (χ1) is 16.3. The van der Waals surface area contributed by atoms with Crippen LogP contribution in [-0.4, -0.2) is 61.3 Å². The molecule has 0 saturated carbocycles. The number of hydrogen-bond donors (Lipinski definition) is 3. The molecule has 0 unspecified atom stereocenters. The lowest BCUT2D eigenvalue weighted by Gasteiger charge is -2.26. The molecule has 9 nitrogen and oxygen atoms in total. The number of aromatic amines is 2. The van der Waals surface area contributed by atoms with Crippen LogP contribution in [0.15, 0.2) is 53.5 Å². The number of nitrogens with one attached hydrogen (secondary N) is 3. The van der Waals surface area contributed by atoms with Gasteiger partial charge in [-0.1, -0.05) is 6.07 Å². The Bertz CT molecular complexity index is 1370. The van der Waals surface area contributed by atoms with Crippen molar-refractivity contribution in [2.75, 3.05) is 31.6 Å². The lowest BCUT2D eigenvalue weighted by molar-refractivity contribution is 0.0342. The number of aromatic nitrogens is 6. The first-order valence-electron chi connectivity index (χ1n) is 10.8. The molecule has 4 aromatic heterocycles. The molecule has 0 radical (unpaired) electrons. The summed E-state index contributed by atoms with van der Waals surface area (Å²) in [5, 5.41) is 14.7. The normalized spacial score (nSPS) is 14.7. The van der Waals surface area contributed by atoms with E-state index in [0.29, 0.717) is 11.6 Å². The molecule has 0 bridgehead atoms. The fourth-order valence-electron chi connectivity index (χ4n) is 3.95. The summed E-state index contributed by atoms with van der Waals surface area (Å²) in [6, 6.07) is 10.2. The maximum Gasteiger partial charge on any atom is 0.162 e. The van der Waals surface area contributed by atoms with Crippen molar-refractivity contribution in [2.24, 2.45) is 0 Å². The summed E-state index contributed by atoms with van der Waals surface area (Å²) in [4.78, 5) is 19.6. The molecule has 1 saturated heterocycles. The third-order valence-electron chi connectivity index (χ3n) is 5.63. The average Bonchev–Trinajstić information content (AvgIpc) is 3.60. The summed E-state index contributed by atoms with van der Waals surface area (Å²) >= 11 is 1.62.